The van der Waals surface area contributed by atoms with Gasteiger partial charge in [0.1, 0.15) is 11.6 Å². The quantitative estimate of drug-likeness (QED) is 0.488. The van der Waals surface area contributed by atoms with Crippen LogP contribution in [0.5, 0.6) is 5.75 Å². The Balaban J connectivity index is 1.64. The van der Waals surface area contributed by atoms with Gasteiger partial charge in [0.15, 0.2) is 0 Å². The van der Waals surface area contributed by atoms with Crippen LogP contribution in [0.1, 0.15) is 0 Å². The molecule has 0 spiro atoms. The van der Waals surface area contributed by atoms with Crippen LogP contribution >= 0.6 is 11.6 Å². The molecule has 0 atom stereocenters. The number of para-hydroxylation sites is 1. The minimum absolute atomic E-state index is 0.0620. The van der Waals surface area contributed by atoms with Crippen LogP contribution in [0.3, 0.4) is 0 Å². The number of benzene rings is 3. The van der Waals surface area contributed by atoms with E-state index in [0.717, 1.165) is 16.5 Å². The molecule has 0 saturated heterocycles. The molecule has 4 rings (SSSR count). The van der Waals surface area contributed by atoms with Gasteiger partial charge in [-0.2, -0.15) is 5.10 Å². The molecule has 0 unspecified atom stereocenters. The number of nitrogens with one attached hydrogen (secondary N) is 1. The molecule has 1 heterocycles. The van der Waals surface area contributed by atoms with E-state index in [1.165, 1.54) is 12.1 Å². The van der Waals surface area contributed by atoms with Gasteiger partial charge in [-0.3, -0.25) is 10.00 Å². The largest absolute Gasteiger partial charge is 0.417 e. The maximum Gasteiger partial charge on any atom is 0.417 e. The molecule has 0 radical (unpaired) electrons. The number of rotatable bonds is 3. The van der Waals surface area contributed by atoms with Gasteiger partial charge in [-0.25, -0.2) is 9.18 Å². The summed E-state index contributed by atoms with van der Waals surface area (Å²) in [6.07, 6.45) is 0.908. The number of anilines is 1. The van der Waals surface area contributed by atoms with Gasteiger partial charge >= 0.3 is 6.09 Å². The number of aromatic nitrogens is 2. The lowest BCUT2D eigenvalue weighted by molar-refractivity contribution is 0.215. The Hall–Kier alpha value is -3.38. The fraction of sp³-hybridized carbons (Fsp3) is 0.0476. The van der Waals surface area contributed by atoms with Gasteiger partial charge in [0.25, 0.3) is 0 Å². The summed E-state index contributed by atoms with van der Waals surface area (Å²) in [5.41, 5.74) is 2.11. The third-order valence-corrected chi connectivity index (χ3v) is 4.64. The molecular weight excluding hydrogens is 381 g/mol. The van der Waals surface area contributed by atoms with Gasteiger partial charge in [-0.15, -0.1) is 0 Å². The van der Waals surface area contributed by atoms with Crippen molar-refractivity contribution in [3.8, 4) is 16.9 Å². The van der Waals surface area contributed by atoms with Crippen LogP contribution in [0.15, 0.2) is 66.9 Å². The standard InChI is InChI=1S/C21H15ClFN3O2/c1-26-20-9-5-8-14(16(20)12-24-26)15-10-18(23)19(11-17(15)22)25-21(27)28-13-6-3-2-4-7-13/h2-12H,1H3,(H,25,27). The van der Waals surface area contributed by atoms with E-state index in [9.17, 15) is 9.18 Å². The molecule has 0 aliphatic carbocycles. The van der Waals surface area contributed by atoms with E-state index in [-0.39, 0.29) is 5.69 Å². The number of ether oxygens (including phenoxy) is 1. The molecular formula is C21H15ClFN3O2. The lowest BCUT2D eigenvalue weighted by atomic mass is 10.0. The fourth-order valence-corrected chi connectivity index (χ4v) is 3.26. The van der Waals surface area contributed by atoms with Crippen molar-refractivity contribution in [2.75, 3.05) is 5.32 Å². The van der Waals surface area contributed by atoms with Crippen LogP contribution in [0.4, 0.5) is 14.9 Å². The lowest BCUT2D eigenvalue weighted by Crippen LogP contribution is -2.17. The van der Waals surface area contributed by atoms with Crippen molar-refractivity contribution in [1.29, 1.82) is 0 Å². The first-order valence-electron chi connectivity index (χ1n) is 8.47. The number of amides is 1. The van der Waals surface area contributed by atoms with Crippen LogP contribution < -0.4 is 10.1 Å². The van der Waals surface area contributed by atoms with E-state index < -0.39 is 11.9 Å². The van der Waals surface area contributed by atoms with Crippen molar-refractivity contribution < 1.29 is 13.9 Å². The van der Waals surface area contributed by atoms with Crippen molar-refractivity contribution >= 4 is 34.3 Å². The first-order chi connectivity index (χ1) is 13.5. The highest BCUT2D eigenvalue weighted by molar-refractivity contribution is 6.34. The zero-order valence-corrected chi connectivity index (χ0v) is 15.6. The van der Waals surface area contributed by atoms with Crippen molar-refractivity contribution in [2.24, 2.45) is 7.05 Å². The Morgan fingerprint density at radius 3 is 2.68 bits per heavy atom. The number of hydrogen-bond acceptors (Lipinski definition) is 3. The molecule has 1 amide bonds. The average molecular weight is 396 g/mol. The van der Waals surface area contributed by atoms with E-state index in [0.29, 0.717) is 16.3 Å². The van der Waals surface area contributed by atoms with Gasteiger partial charge in [0.05, 0.1) is 22.4 Å². The summed E-state index contributed by atoms with van der Waals surface area (Å²) in [4.78, 5) is 12.0. The molecule has 28 heavy (non-hydrogen) atoms. The third-order valence-electron chi connectivity index (χ3n) is 4.33. The molecule has 1 aromatic heterocycles. The van der Waals surface area contributed by atoms with Crippen LogP contribution in [-0.2, 0) is 7.05 Å². The Kier molecular flexibility index (Phi) is 4.71. The summed E-state index contributed by atoms with van der Waals surface area (Å²) >= 11 is 6.40. The Labute approximate surface area is 165 Å². The molecule has 3 aromatic carbocycles. The Bertz CT molecular complexity index is 1180. The van der Waals surface area contributed by atoms with Crippen molar-refractivity contribution in [1.82, 2.24) is 9.78 Å². The van der Waals surface area contributed by atoms with Gasteiger partial charge in [-0.1, -0.05) is 41.9 Å². The van der Waals surface area contributed by atoms with Crippen LogP contribution in [0.2, 0.25) is 5.02 Å². The molecule has 0 aliphatic rings. The summed E-state index contributed by atoms with van der Waals surface area (Å²) in [5.74, 6) is -0.267. The van der Waals surface area contributed by atoms with Crippen molar-refractivity contribution in [2.45, 2.75) is 0 Å². The summed E-state index contributed by atoms with van der Waals surface area (Å²) in [5, 5.41) is 7.78. The maximum atomic E-state index is 14.7. The van der Waals surface area contributed by atoms with Gasteiger partial charge < -0.3 is 4.74 Å². The molecule has 140 valence electrons. The highest BCUT2D eigenvalue weighted by atomic mass is 35.5. The van der Waals surface area contributed by atoms with E-state index in [1.54, 1.807) is 41.2 Å². The topological polar surface area (TPSA) is 56.2 Å². The monoisotopic (exact) mass is 395 g/mol. The number of nitrogens with zero attached hydrogens (tertiary/aromatic N) is 2. The summed E-state index contributed by atoms with van der Waals surface area (Å²) < 4.78 is 21.5. The number of hydrogen-bond donors (Lipinski definition) is 1. The molecule has 4 aromatic rings. The highest BCUT2D eigenvalue weighted by Gasteiger charge is 2.16. The molecule has 0 aliphatic heterocycles. The predicted molar refractivity (Wildman–Crippen MR) is 107 cm³/mol. The zero-order chi connectivity index (χ0) is 19.7. The lowest BCUT2D eigenvalue weighted by Gasteiger charge is -2.11. The maximum absolute atomic E-state index is 14.7. The van der Waals surface area contributed by atoms with Gasteiger partial charge in [0.2, 0.25) is 0 Å². The number of halogens is 2. The van der Waals surface area contributed by atoms with Gasteiger partial charge in [0, 0.05) is 18.0 Å². The average Bonchev–Trinajstić information content (AvgIpc) is 3.06. The molecule has 0 saturated carbocycles. The van der Waals surface area contributed by atoms with Gasteiger partial charge in [-0.05, 0) is 35.9 Å². The van der Waals surface area contributed by atoms with Crippen molar-refractivity contribution in [3.05, 3.63) is 77.7 Å². The van der Waals surface area contributed by atoms with Crippen LogP contribution in [-0.4, -0.2) is 15.9 Å². The Morgan fingerprint density at radius 2 is 1.89 bits per heavy atom. The molecule has 0 fully saturated rings. The fourth-order valence-electron chi connectivity index (χ4n) is 2.99. The van der Waals surface area contributed by atoms with Crippen LogP contribution in [0.25, 0.3) is 22.0 Å². The first-order valence-corrected chi connectivity index (χ1v) is 8.85. The second-order valence-corrected chi connectivity index (χ2v) is 6.55. The van der Waals surface area contributed by atoms with E-state index in [2.05, 4.69) is 10.4 Å². The Morgan fingerprint density at radius 1 is 1.11 bits per heavy atom. The normalized spacial score (nSPS) is 10.8. The number of fused-ring (bicyclic) bond motifs is 1. The molecule has 5 nitrogen and oxygen atoms in total. The molecule has 1 N–H and O–H groups in total. The highest BCUT2D eigenvalue weighted by Crippen LogP contribution is 2.36. The summed E-state index contributed by atoms with van der Waals surface area (Å²) in [7, 11) is 1.83. The predicted octanol–water partition coefficient (Wildman–Crippen LogP) is 5.64. The summed E-state index contributed by atoms with van der Waals surface area (Å²) in [6, 6.07) is 16.8. The zero-order valence-electron chi connectivity index (χ0n) is 14.8. The first kappa shape index (κ1) is 18.0. The number of carbonyl (C=O) groups excluding carboxylic acids is 1. The second kappa shape index (κ2) is 7.32. The smallest absolute Gasteiger partial charge is 0.410 e. The minimum Gasteiger partial charge on any atom is -0.410 e. The van der Waals surface area contributed by atoms with Crippen molar-refractivity contribution in [3.63, 3.8) is 0 Å². The molecule has 0 bridgehead atoms. The third kappa shape index (κ3) is 3.42. The van der Waals surface area contributed by atoms with E-state index in [1.807, 2.05) is 25.2 Å². The van der Waals surface area contributed by atoms with E-state index >= 15 is 0 Å². The van der Waals surface area contributed by atoms with E-state index in [4.69, 9.17) is 16.3 Å². The summed E-state index contributed by atoms with van der Waals surface area (Å²) in [6.45, 7) is 0. The number of carbonyl (C=O) groups is 1. The van der Waals surface area contributed by atoms with Crippen LogP contribution in [0, 0.1) is 5.82 Å². The SMILES string of the molecule is Cn1ncc2c(-c3cc(F)c(NC(=O)Oc4ccccc4)cc3Cl)cccc21. The molecule has 7 heteroatoms. The number of aryl methyl sites for hydroxylation is 1. The minimum atomic E-state index is -0.803. The second-order valence-electron chi connectivity index (χ2n) is 6.15.